The highest BCUT2D eigenvalue weighted by atomic mass is 32.2. The lowest BCUT2D eigenvalue weighted by Gasteiger charge is -2.20. The molecule has 0 amide bonds. The number of alkyl halides is 1. The van der Waals surface area contributed by atoms with Gasteiger partial charge in [-0.1, -0.05) is 0 Å². The van der Waals surface area contributed by atoms with E-state index < -0.39 is 41.4 Å². The molecule has 0 N–H and O–H groups in total. The highest BCUT2D eigenvalue weighted by Crippen LogP contribution is 2.51. The van der Waals surface area contributed by atoms with Gasteiger partial charge in [0, 0.05) is 0 Å². The summed E-state index contributed by atoms with van der Waals surface area (Å²) >= 11 is 0. The molecule has 0 aromatic heterocycles. The van der Waals surface area contributed by atoms with Gasteiger partial charge in [-0.3, -0.25) is 13.6 Å². The van der Waals surface area contributed by atoms with E-state index in [1.165, 1.54) is 0 Å². The lowest BCUT2D eigenvalue weighted by Crippen LogP contribution is -2.23. The van der Waals surface area contributed by atoms with Crippen LogP contribution in [0.15, 0.2) is 0 Å². The first kappa shape index (κ1) is 15.0. The Morgan fingerprint density at radius 3 is 2.12 bits per heavy atom. The zero-order valence-electron chi connectivity index (χ0n) is 9.67. The normalized spacial score (nSPS) is 28.4. The van der Waals surface area contributed by atoms with E-state index in [0.29, 0.717) is 0 Å². The molecule has 0 bridgehead atoms. The number of phosphoric acid groups is 1. The van der Waals surface area contributed by atoms with Gasteiger partial charge in [0.2, 0.25) is 0 Å². The van der Waals surface area contributed by atoms with Crippen molar-refractivity contribution >= 4 is 17.7 Å². The second kappa shape index (κ2) is 5.75. The van der Waals surface area contributed by atoms with E-state index in [2.05, 4.69) is 0 Å². The molecule has 0 aromatic rings. The summed E-state index contributed by atoms with van der Waals surface area (Å²) in [6.45, 7) is 3.28. The van der Waals surface area contributed by atoms with Crippen molar-refractivity contribution in [2.75, 3.05) is 24.7 Å². The van der Waals surface area contributed by atoms with E-state index >= 15 is 0 Å². The number of halogens is 1. The predicted molar refractivity (Wildman–Crippen MR) is 59.3 cm³/mol. The summed E-state index contributed by atoms with van der Waals surface area (Å²) in [4.78, 5) is 0. The van der Waals surface area contributed by atoms with Crippen LogP contribution in [0.3, 0.4) is 0 Å². The van der Waals surface area contributed by atoms with Crippen LogP contribution in [0.4, 0.5) is 4.39 Å². The molecule has 2 unspecified atom stereocenters. The van der Waals surface area contributed by atoms with Crippen molar-refractivity contribution in [3.63, 3.8) is 0 Å². The highest BCUT2D eigenvalue weighted by molar-refractivity contribution is 7.91. The SMILES string of the molecule is CCOP(=O)(OCC)OC1CS(=O)(=O)CC1F. The van der Waals surface area contributed by atoms with Gasteiger partial charge in [0.05, 0.1) is 24.7 Å². The van der Waals surface area contributed by atoms with E-state index in [4.69, 9.17) is 13.6 Å². The molecule has 0 aromatic carbocycles. The standard InChI is InChI=1S/C8H16FO6PS/c1-3-13-16(10,14-4-2)15-8-6-17(11,12)5-7(8)9/h7-8H,3-6H2,1-2H3. The molecule has 0 spiro atoms. The maximum absolute atomic E-state index is 13.4. The lowest BCUT2D eigenvalue weighted by atomic mass is 10.3. The third-order valence-corrected chi connectivity index (χ3v) is 5.41. The molecule has 9 heteroatoms. The number of hydrogen-bond acceptors (Lipinski definition) is 6. The summed E-state index contributed by atoms with van der Waals surface area (Å²) in [5, 5.41) is 0. The summed E-state index contributed by atoms with van der Waals surface area (Å²) in [6, 6.07) is 0. The number of sulfone groups is 1. The van der Waals surface area contributed by atoms with Crippen molar-refractivity contribution in [2.24, 2.45) is 0 Å². The molecule has 2 atom stereocenters. The van der Waals surface area contributed by atoms with Crippen molar-refractivity contribution < 1.29 is 30.9 Å². The summed E-state index contributed by atoms with van der Waals surface area (Å²) in [5.41, 5.74) is 0. The molecule has 1 saturated heterocycles. The van der Waals surface area contributed by atoms with Gasteiger partial charge in [-0.05, 0) is 13.8 Å². The maximum atomic E-state index is 13.4. The van der Waals surface area contributed by atoms with Gasteiger partial charge in [0.15, 0.2) is 9.84 Å². The van der Waals surface area contributed by atoms with Crippen molar-refractivity contribution in [3.8, 4) is 0 Å². The minimum atomic E-state index is -3.87. The maximum Gasteiger partial charge on any atom is 0.475 e. The first-order valence-electron chi connectivity index (χ1n) is 5.24. The monoisotopic (exact) mass is 290 g/mol. The first-order chi connectivity index (χ1) is 7.82. The van der Waals surface area contributed by atoms with Crippen LogP contribution < -0.4 is 0 Å². The Bertz CT molecular complexity index is 387. The van der Waals surface area contributed by atoms with E-state index in [-0.39, 0.29) is 13.2 Å². The van der Waals surface area contributed by atoms with E-state index in [9.17, 15) is 17.4 Å². The van der Waals surface area contributed by atoms with Crippen molar-refractivity contribution in [1.29, 1.82) is 0 Å². The van der Waals surface area contributed by atoms with Gasteiger partial charge >= 0.3 is 7.82 Å². The Kier molecular flexibility index (Phi) is 5.09. The van der Waals surface area contributed by atoms with Gasteiger partial charge in [0.25, 0.3) is 0 Å². The first-order valence-corrected chi connectivity index (χ1v) is 8.52. The zero-order valence-corrected chi connectivity index (χ0v) is 11.4. The van der Waals surface area contributed by atoms with Crippen LogP contribution in [-0.4, -0.2) is 45.4 Å². The fourth-order valence-electron chi connectivity index (χ4n) is 1.45. The Balaban J connectivity index is 2.72. The van der Waals surface area contributed by atoms with Gasteiger partial charge in [-0.15, -0.1) is 0 Å². The summed E-state index contributed by atoms with van der Waals surface area (Å²) in [7, 11) is -7.35. The molecule has 1 heterocycles. The van der Waals surface area contributed by atoms with Gasteiger partial charge < -0.3 is 0 Å². The van der Waals surface area contributed by atoms with Crippen LogP contribution in [-0.2, 0) is 28.0 Å². The van der Waals surface area contributed by atoms with Crippen molar-refractivity contribution in [2.45, 2.75) is 26.1 Å². The van der Waals surface area contributed by atoms with Crippen LogP contribution in [0.5, 0.6) is 0 Å². The average molecular weight is 290 g/mol. The fraction of sp³-hybridized carbons (Fsp3) is 1.00. The third kappa shape index (κ3) is 4.30. The second-order valence-corrected chi connectivity index (χ2v) is 7.29. The molecular weight excluding hydrogens is 274 g/mol. The quantitative estimate of drug-likeness (QED) is 0.686. The smallest absolute Gasteiger partial charge is 0.287 e. The fourth-order valence-corrected chi connectivity index (χ4v) is 4.53. The molecule has 0 saturated carbocycles. The molecular formula is C8H16FO6PS. The molecule has 17 heavy (non-hydrogen) atoms. The molecule has 1 aliphatic rings. The summed E-state index contributed by atoms with van der Waals surface area (Å²) in [5.74, 6) is -1.12. The Morgan fingerprint density at radius 2 is 1.76 bits per heavy atom. The number of rotatable bonds is 6. The highest BCUT2D eigenvalue weighted by Gasteiger charge is 2.43. The average Bonchev–Trinajstić information content (AvgIpc) is 2.39. The molecule has 1 rings (SSSR count). The van der Waals surface area contributed by atoms with Gasteiger partial charge in [-0.2, -0.15) is 0 Å². The Hall–Kier alpha value is -0.0100. The van der Waals surface area contributed by atoms with E-state index in [1.54, 1.807) is 13.8 Å². The van der Waals surface area contributed by atoms with E-state index in [0.717, 1.165) is 0 Å². The zero-order chi connectivity index (χ0) is 13.1. The minimum Gasteiger partial charge on any atom is -0.287 e. The minimum absolute atomic E-state index is 0.0632. The molecule has 102 valence electrons. The van der Waals surface area contributed by atoms with Crippen LogP contribution in [0.1, 0.15) is 13.8 Å². The van der Waals surface area contributed by atoms with E-state index in [1.807, 2.05) is 0 Å². The molecule has 0 aliphatic carbocycles. The topological polar surface area (TPSA) is 78.9 Å². The molecule has 1 fully saturated rings. The predicted octanol–water partition coefficient (Wildman–Crippen LogP) is 1.32. The van der Waals surface area contributed by atoms with Gasteiger partial charge in [0.1, 0.15) is 12.3 Å². The van der Waals surface area contributed by atoms with Crippen molar-refractivity contribution in [3.05, 3.63) is 0 Å². The molecule has 6 nitrogen and oxygen atoms in total. The van der Waals surface area contributed by atoms with Crippen LogP contribution in [0.2, 0.25) is 0 Å². The van der Waals surface area contributed by atoms with Crippen LogP contribution in [0.25, 0.3) is 0 Å². The number of phosphoric ester groups is 1. The third-order valence-electron chi connectivity index (χ3n) is 2.07. The lowest BCUT2D eigenvalue weighted by molar-refractivity contribution is 0.0630. The van der Waals surface area contributed by atoms with Crippen molar-refractivity contribution in [1.82, 2.24) is 0 Å². The van der Waals surface area contributed by atoms with Gasteiger partial charge in [-0.25, -0.2) is 17.4 Å². The molecule has 0 radical (unpaired) electrons. The number of hydrogen-bond donors (Lipinski definition) is 0. The molecule has 1 aliphatic heterocycles. The Labute approximate surface area is 100.0 Å². The van der Waals surface area contributed by atoms with Crippen LogP contribution in [0, 0.1) is 0 Å². The summed E-state index contributed by atoms with van der Waals surface area (Å²) < 4.78 is 62.1. The van der Waals surface area contributed by atoms with Crippen LogP contribution >= 0.6 is 7.82 Å². The summed E-state index contributed by atoms with van der Waals surface area (Å²) in [6.07, 6.45) is -2.99. The largest absolute Gasteiger partial charge is 0.475 e. The second-order valence-electron chi connectivity index (χ2n) is 3.52. The Morgan fingerprint density at radius 1 is 1.24 bits per heavy atom.